The van der Waals surface area contributed by atoms with E-state index < -0.39 is 5.54 Å². The molecule has 1 heterocycles. The van der Waals surface area contributed by atoms with Crippen molar-refractivity contribution in [3.63, 3.8) is 0 Å². The lowest BCUT2D eigenvalue weighted by Gasteiger charge is -2.31. The van der Waals surface area contributed by atoms with Crippen molar-refractivity contribution < 1.29 is 14.0 Å². The normalized spacial score (nSPS) is 12.8. The highest BCUT2D eigenvalue weighted by Crippen LogP contribution is 2.20. The first-order chi connectivity index (χ1) is 12.2. The van der Waals surface area contributed by atoms with Crippen LogP contribution in [0.1, 0.15) is 53.7 Å². The number of carbonyl (C=O) groups excluding carboxylic acids is 2. The van der Waals surface area contributed by atoms with Crippen LogP contribution in [0.4, 0.5) is 5.69 Å². The molecule has 0 bridgehead atoms. The Bertz CT molecular complexity index is 775. The number of furan rings is 1. The Morgan fingerprint density at radius 3 is 2.48 bits per heavy atom. The maximum atomic E-state index is 12.7. The molecule has 1 aromatic heterocycles. The van der Waals surface area contributed by atoms with Gasteiger partial charge in [-0.15, -0.1) is 12.4 Å². The number of nitrogens with two attached hydrogens (primary N) is 1. The van der Waals surface area contributed by atoms with Gasteiger partial charge in [-0.25, -0.2) is 0 Å². The van der Waals surface area contributed by atoms with Crippen molar-refractivity contribution in [2.75, 3.05) is 11.9 Å². The molecule has 0 radical (unpaired) electrons. The number of hydrogen-bond acceptors (Lipinski definition) is 4. The van der Waals surface area contributed by atoms with E-state index >= 15 is 0 Å². The van der Waals surface area contributed by atoms with Crippen LogP contribution in [0.2, 0.25) is 0 Å². The van der Waals surface area contributed by atoms with Crippen LogP contribution in [0, 0.1) is 12.8 Å². The van der Waals surface area contributed by atoms with Crippen molar-refractivity contribution in [2.45, 2.75) is 39.7 Å². The van der Waals surface area contributed by atoms with E-state index in [4.69, 9.17) is 10.2 Å². The molecule has 148 valence electrons. The van der Waals surface area contributed by atoms with E-state index in [2.05, 4.69) is 24.5 Å². The monoisotopic (exact) mass is 393 g/mol. The lowest BCUT2D eigenvalue weighted by atomic mass is 9.90. The predicted molar refractivity (Wildman–Crippen MR) is 109 cm³/mol. The van der Waals surface area contributed by atoms with Gasteiger partial charge in [0.25, 0.3) is 11.8 Å². The van der Waals surface area contributed by atoms with Crippen LogP contribution in [0.5, 0.6) is 0 Å². The molecule has 0 aliphatic heterocycles. The molecule has 0 aliphatic rings. The number of halogens is 1. The van der Waals surface area contributed by atoms with Crippen LogP contribution >= 0.6 is 12.4 Å². The quantitative estimate of drug-likeness (QED) is 0.667. The lowest BCUT2D eigenvalue weighted by molar-refractivity contribution is 0.0897. The summed E-state index contributed by atoms with van der Waals surface area (Å²) in [5.74, 6) is 0.0475. The fraction of sp³-hybridized carbons (Fsp3) is 0.400. The first kappa shape index (κ1) is 22.7. The molecular formula is C20H28ClN3O3. The van der Waals surface area contributed by atoms with Crippen molar-refractivity contribution >= 4 is 29.9 Å². The van der Waals surface area contributed by atoms with Crippen molar-refractivity contribution in [1.29, 1.82) is 0 Å². The minimum atomic E-state index is -0.478. The largest absolute Gasteiger partial charge is 0.459 e. The van der Waals surface area contributed by atoms with Crippen molar-refractivity contribution in [1.82, 2.24) is 5.32 Å². The molecular weight excluding hydrogens is 366 g/mol. The van der Waals surface area contributed by atoms with Crippen LogP contribution in [0.3, 0.4) is 0 Å². The van der Waals surface area contributed by atoms with Crippen LogP contribution in [-0.2, 0) is 0 Å². The molecule has 27 heavy (non-hydrogen) atoms. The summed E-state index contributed by atoms with van der Waals surface area (Å²) in [7, 11) is 0. The molecule has 7 heteroatoms. The molecule has 0 fully saturated rings. The number of carbonyl (C=O) groups is 2. The predicted octanol–water partition coefficient (Wildman–Crippen LogP) is 3.76. The molecule has 2 rings (SSSR count). The Kier molecular flexibility index (Phi) is 8.06. The van der Waals surface area contributed by atoms with Gasteiger partial charge in [0.2, 0.25) is 0 Å². The Morgan fingerprint density at radius 2 is 1.93 bits per heavy atom. The summed E-state index contributed by atoms with van der Waals surface area (Å²) < 4.78 is 5.10. The third-order valence-corrected chi connectivity index (χ3v) is 4.22. The van der Waals surface area contributed by atoms with Gasteiger partial charge in [-0.3, -0.25) is 9.59 Å². The summed E-state index contributed by atoms with van der Waals surface area (Å²) in [4.78, 5) is 24.9. The van der Waals surface area contributed by atoms with E-state index in [9.17, 15) is 9.59 Å². The average Bonchev–Trinajstić information content (AvgIpc) is 3.10. The van der Waals surface area contributed by atoms with Gasteiger partial charge in [-0.05, 0) is 56.0 Å². The summed E-state index contributed by atoms with van der Waals surface area (Å²) in [6.45, 7) is 8.34. The Labute approximate surface area is 166 Å². The van der Waals surface area contributed by atoms with E-state index in [0.717, 1.165) is 12.0 Å². The molecule has 0 aliphatic carbocycles. The van der Waals surface area contributed by atoms with E-state index in [1.165, 1.54) is 6.26 Å². The average molecular weight is 394 g/mol. The smallest absolute Gasteiger partial charge is 0.291 e. The maximum absolute atomic E-state index is 12.7. The van der Waals surface area contributed by atoms with Gasteiger partial charge in [0.05, 0.1) is 6.26 Å². The van der Waals surface area contributed by atoms with Gasteiger partial charge >= 0.3 is 0 Å². The van der Waals surface area contributed by atoms with Gasteiger partial charge in [0, 0.05) is 23.3 Å². The molecule has 1 aromatic carbocycles. The molecule has 2 amide bonds. The highest BCUT2D eigenvalue weighted by molar-refractivity contribution is 6.04. The molecule has 1 unspecified atom stereocenters. The van der Waals surface area contributed by atoms with Crippen molar-refractivity contribution in [3.05, 3.63) is 53.5 Å². The first-order valence-electron chi connectivity index (χ1n) is 8.72. The van der Waals surface area contributed by atoms with Crippen LogP contribution in [-0.4, -0.2) is 23.9 Å². The first-order valence-corrected chi connectivity index (χ1v) is 8.72. The van der Waals surface area contributed by atoms with Gasteiger partial charge in [0.15, 0.2) is 5.76 Å². The number of nitrogens with one attached hydrogen (secondary N) is 2. The summed E-state index contributed by atoms with van der Waals surface area (Å²) in [6, 6.07) is 8.43. The highest BCUT2D eigenvalue weighted by Gasteiger charge is 2.26. The molecule has 1 atom stereocenters. The highest BCUT2D eigenvalue weighted by atomic mass is 35.5. The van der Waals surface area contributed by atoms with E-state index in [1.807, 2.05) is 13.8 Å². The lowest BCUT2D eigenvalue weighted by Crippen LogP contribution is -2.52. The number of anilines is 1. The number of hydrogen-bond donors (Lipinski definition) is 3. The third kappa shape index (κ3) is 6.12. The zero-order valence-corrected chi connectivity index (χ0v) is 17.0. The Balaban J connectivity index is 0.00000364. The van der Waals surface area contributed by atoms with Crippen LogP contribution < -0.4 is 16.4 Å². The second kappa shape index (κ2) is 9.58. The zero-order chi connectivity index (χ0) is 19.3. The van der Waals surface area contributed by atoms with E-state index in [0.29, 0.717) is 23.7 Å². The minimum Gasteiger partial charge on any atom is -0.459 e. The fourth-order valence-corrected chi connectivity index (χ4v) is 2.92. The second-order valence-corrected chi connectivity index (χ2v) is 7.28. The number of benzene rings is 1. The fourth-order valence-electron chi connectivity index (χ4n) is 2.92. The number of amides is 2. The van der Waals surface area contributed by atoms with Gasteiger partial charge in [-0.2, -0.15) is 0 Å². The topological polar surface area (TPSA) is 97.4 Å². The van der Waals surface area contributed by atoms with Crippen LogP contribution in [0.25, 0.3) is 0 Å². The third-order valence-electron chi connectivity index (χ3n) is 4.22. The SMILES string of the molecule is Cc1ccc(C(=O)NC(C)(CN)CC(C)C)cc1NC(=O)c1ccco1.Cl. The Hall–Kier alpha value is -2.31. The summed E-state index contributed by atoms with van der Waals surface area (Å²) in [5, 5.41) is 5.80. The number of aryl methyl sites for hydroxylation is 1. The molecule has 2 aromatic rings. The second-order valence-electron chi connectivity index (χ2n) is 7.28. The van der Waals surface area contributed by atoms with Gasteiger partial charge in [0.1, 0.15) is 0 Å². The molecule has 0 spiro atoms. The molecule has 0 saturated carbocycles. The molecule has 6 nitrogen and oxygen atoms in total. The standard InChI is InChI=1S/C20H27N3O3.ClH/c1-13(2)11-20(4,12-21)23-18(24)15-8-7-14(3)16(10-15)22-19(25)17-6-5-9-26-17;/h5-10,13H,11-12,21H2,1-4H3,(H,22,25)(H,23,24);1H. The van der Waals surface area contributed by atoms with E-state index in [-0.39, 0.29) is 30.0 Å². The summed E-state index contributed by atoms with van der Waals surface area (Å²) in [6.07, 6.45) is 2.22. The van der Waals surface area contributed by atoms with Crippen LogP contribution in [0.15, 0.2) is 41.0 Å². The van der Waals surface area contributed by atoms with Crippen molar-refractivity contribution in [3.8, 4) is 0 Å². The van der Waals surface area contributed by atoms with Gasteiger partial charge < -0.3 is 20.8 Å². The Morgan fingerprint density at radius 1 is 1.22 bits per heavy atom. The van der Waals surface area contributed by atoms with Gasteiger partial charge in [-0.1, -0.05) is 19.9 Å². The molecule has 0 saturated heterocycles. The minimum absolute atomic E-state index is 0. The summed E-state index contributed by atoms with van der Waals surface area (Å²) >= 11 is 0. The zero-order valence-electron chi connectivity index (χ0n) is 16.2. The van der Waals surface area contributed by atoms with E-state index in [1.54, 1.807) is 30.3 Å². The van der Waals surface area contributed by atoms with Crippen molar-refractivity contribution in [2.24, 2.45) is 11.7 Å². The molecule has 4 N–H and O–H groups in total. The maximum Gasteiger partial charge on any atom is 0.291 e. The number of rotatable bonds is 7. The summed E-state index contributed by atoms with van der Waals surface area (Å²) in [5.41, 5.74) is 7.28.